The minimum Gasteiger partial charge on any atom is -0.375 e. The molecule has 3 rings (SSSR count). The van der Waals surface area contributed by atoms with Gasteiger partial charge in [0.25, 0.3) is 0 Å². The molecule has 112 valence electrons. The summed E-state index contributed by atoms with van der Waals surface area (Å²) < 4.78 is 0. The molecule has 1 aromatic carbocycles. The molecule has 0 atom stereocenters. The molecule has 0 fully saturated rings. The molecule has 0 amide bonds. The molecule has 5 heteroatoms. The maximum Gasteiger partial charge on any atom is 0.180 e. The molecule has 1 aromatic heterocycles. The number of benzene rings is 1. The highest BCUT2D eigenvalue weighted by molar-refractivity contribution is 7.15. The number of fused-ring (bicyclic) bond motifs is 1. The Morgan fingerprint density at radius 2 is 2.23 bits per heavy atom. The lowest BCUT2D eigenvalue weighted by Crippen LogP contribution is -2.26. The Morgan fingerprint density at radius 1 is 1.36 bits per heavy atom. The lowest BCUT2D eigenvalue weighted by Gasteiger charge is -2.17. The highest BCUT2D eigenvalue weighted by Crippen LogP contribution is 2.24. The topological polar surface area (TPSA) is 65.9 Å². The van der Waals surface area contributed by atoms with Crippen LogP contribution in [0.15, 0.2) is 30.3 Å². The second kappa shape index (κ2) is 6.73. The standard InChI is InChI=1S/C17H18N4S/c18-12-14-4-1-3-13(11-14)5-2-8-21-9-6-15-16(7-10-21)22-17(19)20-15/h1-5,11H,6-10H2,(H2,19,20). The molecule has 0 aliphatic carbocycles. The minimum atomic E-state index is 0.690. The van der Waals surface area contributed by atoms with Crippen molar-refractivity contribution in [1.29, 1.82) is 5.26 Å². The highest BCUT2D eigenvalue weighted by Gasteiger charge is 2.16. The van der Waals surface area contributed by atoms with Gasteiger partial charge in [0, 0.05) is 30.9 Å². The van der Waals surface area contributed by atoms with Crippen LogP contribution in [-0.2, 0) is 12.8 Å². The summed E-state index contributed by atoms with van der Waals surface area (Å²) in [6.45, 7) is 2.97. The third kappa shape index (κ3) is 3.53. The average Bonchev–Trinajstić information content (AvgIpc) is 2.79. The highest BCUT2D eigenvalue weighted by atomic mass is 32.1. The van der Waals surface area contributed by atoms with Gasteiger partial charge in [0.1, 0.15) is 0 Å². The number of anilines is 1. The molecule has 0 spiro atoms. The average molecular weight is 310 g/mol. The first-order chi connectivity index (χ1) is 10.7. The molecular formula is C17H18N4S. The van der Waals surface area contributed by atoms with Crippen molar-refractivity contribution in [3.63, 3.8) is 0 Å². The Kier molecular flexibility index (Phi) is 4.52. The van der Waals surface area contributed by atoms with Crippen molar-refractivity contribution in [1.82, 2.24) is 9.88 Å². The van der Waals surface area contributed by atoms with Crippen molar-refractivity contribution in [3.8, 4) is 6.07 Å². The zero-order chi connectivity index (χ0) is 15.4. The zero-order valence-corrected chi connectivity index (χ0v) is 13.1. The molecule has 22 heavy (non-hydrogen) atoms. The number of nitriles is 1. The fourth-order valence-corrected chi connectivity index (χ4v) is 3.53. The summed E-state index contributed by atoms with van der Waals surface area (Å²) in [5, 5.41) is 9.60. The van der Waals surface area contributed by atoms with Gasteiger partial charge in [0.2, 0.25) is 0 Å². The minimum absolute atomic E-state index is 0.690. The van der Waals surface area contributed by atoms with Crippen LogP contribution in [-0.4, -0.2) is 29.5 Å². The van der Waals surface area contributed by atoms with E-state index < -0.39 is 0 Å². The second-order valence-corrected chi connectivity index (χ2v) is 6.48. The van der Waals surface area contributed by atoms with Crippen LogP contribution in [0.1, 0.15) is 21.7 Å². The number of nitrogen functional groups attached to an aromatic ring is 1. The van der Waals surface area contributed by atoms with Gasteiger partial charge in [-0.1, -0.05) is 24.3 Å². The molecule has 0 saturated carbocycles. The van der Waals surface area contributed by atoms with E-state index in [1.54, 1.807) is 11.3 Å². The zero-order valence-electron chi connectivity index (χ0n) is 12.3. The molecule has 2 aromatic rings. The number of nitrogens with zero attached hydrogens (tertiary/aromatic N) is 3. The molecule has 1 aliphatic rings. The van der Waals surface area contributed by atoms with Crippen molar-refractivity contribution in [3.05, 3.63) is 52.0 Å². The Morgan fingerprint density at radius 3 is 3.09 bits per heavy atom. The monoisotopic (exact) mass is 310 g/mol. The molecule has 4 nitrogen and oxygen atoms in total. The predicted molar refractivity (Wildman–Crippen MR) is 90.6 cm³/mol. The van der Waals surface area contributed by atoms with Gasteiger partial charge in [0.15, 0.2) is 5.13 Å². The number of aromatic nitrogens is 1. The number of nitrogens with two attached hydrogens (primary N) is 1. The summed E-state index contributed by atoms with van der Waals surface area (Å²) in [6.07, 6.45) is 6.25. The summed E-state index contributed by atoms with van der Waals surface area (Å²) in [7, 11) is 0. The summed E-state index contributed by atoms with van der Waals surface area (Å²) in [5.74, 6) is 0. The lowest BCUT2D eigenvalue weighted by atomic mass is 10.1. The Labute approximate surface area is 134 Å². The molecule has 0 unspecified atom stereocenters. The Balaban J connectivity index is 1.57. The van der Waals surface area contributed by atoms with E-state index in [4.69, 9.17) is 11.0 Å². The van der Waals surface area contributed by atoms with E-state index >= 15 is 0 Å². The molecule has 0 saturated heterocycles. The van der Waals surface area contributed by atoms with Crippen LogP contribution in [0, 0.1) is 11.3 Å². The first kappa shape index (κ1) is 14.8. The van der Waals surface area contributed by atoms with Gasteiger partial charge < -0.3 is 5.73 Å². The molecule has 0 bridgehead atoms. The quantitative estimate of drug-likeness (QED) is 0.946. The smallest absolute Gasteiger partial charge is 0.180 e. The predicted octanol–water partition coefficient (Wildman–Crippen LogP) is 2.71. The lowest BCUT2D eigenvalue weighted by molar-refractivity contribution is 0.318. The van der Waals surface area contributed by atoms with E-state index in [-0.39, 0.29) is 0 Å². The Hall–Kier alpha value is -2.16. The Bertz CT molecular complexity index is 701. The summed E-state index contributed by atoms with van der Waals surface area (Å²) in [5.41, 5.74) is 8.72. The molecule has 1 aliphatic heterocycles. The first-order valence-electron chi connectivity index (χ1n) is 7.38. The molecular weight excluding hydrogens is 292 g/mol. The van der Waals surface area contributed by atoms with Crippen LogP contribution >= 0.6 is 11.3 Å². The van der Waals surface area contributed by atoms with Crippen LogP contribution in [0.25, 0.3) is 6.08 Å². The van der Waals surface area contributed by atoms with Gasteiger partial charge in [-0.05, 0) is 24.1 Å². The fourth-order valence-electron chi connectivity index (χ4n) is 2.66. The van der Waals surface area contributed by atoms with E-state index in [9.17, 15) is 0 Å². The molecule has 2 heterocycles. The number of hydrogen-bond donors (Lipinski definition) is 1. The van der Waals surface area contributed by atoms with Gasteiger partial charge in [-0.3, -0.25) is 4.90 Å². The second-order valence-electron chi connectivity index (χ2n) is 5.36. The maximum absolute atomic E-state index is 8.91. The van der Waals surface area contributed by atoms with E-state index in [1.165, 1.54) is 10.6 Å². The summed E-state index contributed by atoms with van der Waals surface area (Å²) in [4.78, 5) is 8.18. The van der Waals surface area contributed by atoms with Crippen molar-refractivity contribution in [2.45, 2.75) is 12.8 Å². The van der Waals surface area contributed by atoms with Gasteiger partial charge in [0.05, 0.1) is 17.3 Å². The van der Waals surface area contributed by atoms with Crippen molar-refractivity contribution >= 4 is 22.5 Å². The van der Waals surface area contributed by atoms with E-state index in [0.29, 0.717) is 10.7 Å². The van der Waals surface area contributed by atoms with Crippen LogP contribution in [0.4, 0.5) is 5.13 Å². The van der Waals surface area contributed by atoms with Crippen LogP contribution < -0.4 is 5.73 Å². The van der Waals surface area contributed by atoms with Crippen molar-refractivity contribution in [2.75, 3.05) is 25.4 Å². The van der Waals surface area contributed by atoms with Crippen molar-refractivity contribution in [2.24, 2.45) is 0 Å². The van der Waals surface area contributed by atoms with Gasteiger partial charge >= 0.3 is 0 Å². The third-order valence-corrected chi connectivity index (χ3v) is 4.79. The van der Waals surface area contributed by atoms with E-state index in [1.807, 2.05) is 24.3 Å². The largest absolute Gasteiger partial charge is 0.375 e. The number of rotatable bonds is 3. The van der Waals surface area contributed by atoms with E-state index in [2.05, 4.69) is 28.1 Å². The first-order valence-corrected chi connectivity index (χ1v) is 8.19. The number of thiazole rings is 1. The maximum atomic E-state index is 8.91. The molecule has 0 radical (unpaired) electrons. The number of hydrogen-bond acceptors (Lipinski definition) is 5. The van der Waals surface area contributed by atoms with Crippen molar-refractivity contribution < 1.29 is 0 Å². The van der Waals surface area contributed by atoms with Gasteiger partial charge in [-0.25, -0.2) is 4.98 Å². The van der Waals surface area contributed by atoms with Crippen LogP contribution in [0.2, 0.25) is 0 Å². The van der Waals surface area contributed by atoms with Crippen LogP contribution in [0.5, 0.6) is 0 Å². The van der Waals surface area contributed by atoms with E-state index in [0.717, 1.165) is 38.0 Å². The van der Waals surface area contributed by atoms with Crippen LogP contribution in [0.3, 0.4) is 0 Å². The van der Waals surface area contributed by atoms with Gasteiger partial charge in [-0.2, -0.15) is 5.26 Å². The summed E-state index contributed by atoms with van der Waals surface area (Å²) in [6, 6.07) is 9.83. The third-order valence-electron chi connectivity index (χ3n) is 3.80. The summed E-state index contributed by atoms with van der Waals surface area (Å²) >= 11 is 1.62. The molecule has 2 N–H and O–H groups in total. The normalized spacial score (nSPS) is 15.4. The fraction of sp³-hybridized carbons (Fsp3) is 0.294. The van der Waals surface area contributed by atoms with Gasteiger partial charge in [-0.15, -0.1) is 11.3 Å². The SMILES string of the molecule is N#Cc1cccc(C=CCN2CCc3nc(N)sc3CC2)c1.